The first kappa shape index (κ1) is 13.5. The first-order chi connectivity index (χ1) is 10.1. The van der Waals surface area contributed by atoms with Gasteiger partial charge in [0.15, 0.2) is 5.65 Å². The van der Waals surface area contributed by atoms with E-state index in [0.29, 0.717) is 5.65 Å². The molecule has 1 unspecified atom stereocenters. The molecule has 1 aromatic carbocycles. The van der Waals surface area contributed by atoms with E-state index in [9.17, 15) is 9.90 Å². The Bertz CT molecular complexity index is 850. The minimum absolute atomic E-state index is 0.115. The van der Waals surface area contributed by atoms with Gasteiger partial charge in [0.1, 0.15) is 0 Å². The van der Waals surface area contributed by atoms with Crippen LogP contribution in [-0.4, -0.2) is 24.3 Å². The summed E-state index contributed by atoms with van der Waals surface area (Å²) >= 11 is 0. The van der Waals surface area contributed by atoms with Crippen LogP contribution < -0.4 is 5.69 Å². The zero-order chi connectivity index (χ0) is 15.0. The average molecular weight is 284 g/mol. The van der Waals surface area contributed by atoms with Crippen LogP contribution in [0.5, 0.6) is 0 Å². The van der Waals surface area contributed by atoms with Crippen LogP contribution in [0.1, 0.15) is 22.8 Å². The van der Waals surface area contributed by atoms with Crippen LogP contribution in [0.4, 0.5) is 0 Å². The highest BCUT2D eigenvalue weighted by Gasteiger charge is 2.15. The highest BCUT2D eigenvalue weighted by atomic mass is 16.3. The highest BCUT2D eigenvalue weighted by molar-refractivity contribution is 5.33. The number of aryl methyl sites for hydroxylation is 2. The Labute approximate surface area is 121 Å². The number of rotatable bonds is 3. The molecule has 0 bridgehead atoms. The summed E-state index contributed by atoms with van der Waals surface area (Å²) in [6, 6.07) is 5.84. The Morgan fingerprint density at radius 1 is 1.33 bits per heavy atom. The molecule has 2 aromatic heterocycles. The maximum Gasteiger partial charge on any atom is 0.350 e. The van der Waals surface area contributed by atoms with Crippen molar-refractivity contribution in [3.63, 3.8) is 0 Å². The van der Waals surface area contributed by atoms with Crippen LogP contribution in [0, 0.1) is 13.8 Å². The van der Waals surface area contributed by atoms with Crippen molar-refractivity contribution in [2.75, 3.05) is 0 Å². The van der Waals surface area contributed by atoms with Crippen molar-refractivity contribution in [2.45, 2.75) is 26.5 Å². The minimum Gasteiger partial charge on any atom is -0.386 e. The molecule has 0 aliphatic heterocycles. The second-order valence-electron chi connectivity index (χ2n) is 5.15. The number of nitrogens with zero attached hydrogens (tertiary/aromatic N) is 4. The summed E-state index contributed by atoms with van der Waals surface area (Å²) in [5, 5.41) is 14.5. The molecule has 2 heterocycles. The molecule has 0 fully saturated rings. The number of benzene rings is 1. The van der Waals surface area contributed by atoms with E-state index < -0.39 is 6.10 Å². The first-order valence-corrected chi connectivity index (χ1v) is 6.70. The molecule has 3 aromatic rings. The van der Waals surface area contributed by atoms with Gasteiger partial charge in [-0.3, -0.25) is 4.98 Å². The standard InChI is InChI=1S/C15H16N4O2/c1-10-3-4-12(11(2)7-10)13(20)9-19-15(21)18-6-5-16-8-14(18)17-19/h3-8,13,20H,9H2,1-2H3. The molecule has 21 heavy (non-hydrogen) atoms. The number of fused-ring (bicyclic) bond motifs is 1. The number of aromatic nitrogens is 4. The van der Waals surface area contributed by atoms with Gasteiger partial charge in [-0.05, 0) is 25.0 Å². The lowest BCUT2D eigenvalue weighted by Crippen LogP contribution is -2.24. The Morgan fingerprint density at radius 3 is 2.86 bits per heavy atom. The molecule has 1 N–H and O–H groups in total. The molecule has 0 aliphatic carbocycles. The van der Waals surface area contributed by atoms with E-state index in [1.54, 1.807) is 6.20 Å². The fourth-order valence-electron chi connectivity index (χ4n) is 2.46. The molecule has 0 saturated heterocycles. The van der Waals surface area contributed by atoms with E-state index in [1.807, 2.05) is 32.0 Å². The topological polar surface area (TPSA) is 72.4 Å². The third-order valence-corrected chi connectivity index (χ3v) is 3.52. The number of aliphatic hydroxyl groups excluding tert-OH is 1. The van der Waals surface area contributed by atoms with Crippen LogP contribution in [0.25, 0.3) is 5.65 Å². The van der Waals surface area contributed by atoms with Gasteiger partial charge in [-0.25, -0.2) is 13.9 Å². The Hall–Kier alpha value is -2.47. The van der Waals surface area contributed by atoms with Crippen LogP contribution in [0.2, 0.25) is 0 Å². The van der Waals surface area contributed by atoms with Crippen molar-refractivity contribution in [1.82, 2.24) is 19.2 Å². The van der Waals surface area contributed by atoms with Crippen molar-refractivity contribution < 1.29 is 5.11 Å². The van der Waals surface area contributed by atoms with Gasteiger partial charge in [0.25, 0.3) is 0 Å². The molecule has 0 amide bonds. The maximum atomic E-state index is 12.2. The quantitative estimate of drug-likeness (QED) is 0.785. The molecule has 1 atom stereocenters. The fourth-order valence-corrected chi connectivity index (χ4v) is 2.46. The molecule has 0 spiro atoms. The summed E-state index contributed by atoms with van der Waals surface area (Å²) in [5.74, 6) is 0. The van der Waals surface area contributed by atoms with Gasteiger partial charge in [-0.1, -0.05) is 23.8 Å². The summed E-state index contributed by atoms with van der Waals surface area (Å²) in [5.41, 5.74) is 3.13. The molecule has 0 aliphatic rings. The summed E-state index contributed by atoms with van der Waals surface area (Å²) < 4.78 is 2.67. The molecule has 0 radical (unpaired) electrons. The van der Waals surface area contributed by atoms with Gasteiger partial charge in [-0.2, -0.15) is 0 Å². The molecule has 0 saturated carbocycles. The largest absolute Gasteiger partial charge is 0.386 e. The summed E-state index contributed by atoms with van der Waals surface area (Å²) in [4.78, 5) is 16.1. The van der Waals surface area contributed by atoms with Crippen molar-refractivity contribution >= 4 is 5.65 Å². The highest BCUT2D eigenvalue weighted by Crippen LogP contribution is 2.19. The molecular formula is C15H16N4O2. The normalized spacial score (nSPS) is 12.7. The predicted molar refractivity (Wildman–Crippen MR) is 78.1 cm³/mol. The summed E-state index contributed by atoms with van der Waals surface area (Å²) in [6.45, 7) is 4.06. The molecule has 108 valence electrons. The third kappa shape index (κ3) is 2.45. The van der Waals surface area contributed by atoms with Gasteiger partial charge in [-0.15, -0.1) is 5.10 Å². The zero-order valence-electron chi connectivity index (χ0n) is 11.9. The summed E-state index contributed by atoms with van der Waals surface area (Å²) in [7, 11) is 0. The number of aliphatic hydroxyl groups is 1. The average Bonchev–Trinajstić information content (AvgIpc) is 2.76. The second-order valence-corrected chi connectivity index (χ2v) is 5.15. The number of hydrogen-bond acceptors (Lipinski definition) is 4. The SMILES string of the molecule is Cc1ccc(C(O)Cn2nc3cnccn3c2=O)c(C)c1. The molecule has 6 nitrogen and oxygen atoms in total. The lowest BCUT2D eigenvalue weighted by Gasteiger charge is -2.13. The van der Waals surface area contributed by atoms with Gasteiger partial charge in [0, 0.05) is 12.4 Å². The van der Waals surface area contributed by atoms with E-state index >= 15 is 0 Å². The van der Waals surface area contributed by atoms with E-state index in [1.165, 1.54) is 21.5 Å². The zero-order valence-corrected chi connectivity index (χ0v) is 11.9. The predicted octanol–water partition coefficient (Wildman–Crippen LogP) is 1.24. The van der Waals surface area contributed by atoms with Gasteiger partial charge in [0.05, 0.1) is 18.8 Å². The van der Waals surface area contributed by atoms with Crippen LogP contribution in [0.3, 0.4) is 0 Å². The van der Waals surface area contributed by atoms with Crippen LogP contribution >= 0.6 is 0 Å². The van der Waals surface area contributed by atoms with Crippen molar-refractivity contribution in [3.8, 4) is 0 Å². The van der Waals surface area contributed by atoms with E-state index in [4.69, 9.17) is 0 Å². The van der Waals surface area contributed by atoms with E-state index in [-0.39, 0.29) is 12.2 Å². The lowest BCUT2D eigenvalue weighted by molar-refractivity contribution is 0.149. The first-order valence-electron chi connectivity index (χ1n) is 6.70. The molecule has 6 heteroatoms. The maximum absolute atomic E-state index is 12.2. The second kappa shape index (κ2) is 5.14. The van der Waals surface area contributed by atoms with Gasteiger partial charge in [0.2, 0.25) is 0 Å². The van der Waals surface area contributed by atoms with Crippen LogP contribution in [-0.2, 0) is 6.54 Å². The van der Waals surface area contributed by atoms with E-state index in [0.717, 1.165) is 16.7 Å². The van der Waals surface area contributed by atoms with E-state index in [2.05, 4.69) is 10.1 Å². The fraction of sp³-hybridized carbons (Fsp3) is 0.267. The summed E-state index contributed by atoms with van der Waals surface area (Å²) in [6.07, 6.45) is 3.83. The Morgan fingerprint density at radius 2 is 2.14 bits per heavy atom. The van der Waals surface area contributed by atoms with Crippen molar-refractivity contribution in [1.29, 1.82) is 0 Å². The van der Waals surface area contributed by atoms with Gasteiger partial charge >= 0.3 is 5.69 Å². The Balaban J connectivity index is 1.94. The van der Waals surface area contributed by atoms with Crippen molar-refractivity contribution in [2.24, 2.45) is 0 Å². The smallest absolute Gasteiger partial charge is 0.350 e. The Kier molecular flexibility index (Phi) is 3.31. The third-order valence-electron chi connectivity index (χ3n) is 3.52. The molecule has 3 rings (SSSR count). The lowest BCUT2D eigenvalue weighted by atomic mass is 10.0. The minimum atomic E-state index is -0.777. The van der Waals surface area contributed by atoms with Crippen molar-refractivity contribution in [3.05, 3.63) is 64.0 Å². The van der Waals surface area contributed by atoms with Crippen LogP contribution in [0.15, 0.2) is 41.6 Å². The molecular weight excluding hydrogens is 268 g/mol. The monoisotopic (exact) mass is 284 g/mol. The van der Waals surface area contributed by atoms with Gasteiger partial charge < -0.3 is 5.11 Å². The number of hydrogen-bond donors (Lipinski definition) is 1.